The largest absolute Gasteiger partial charge is 0.459 e. The van der Waals surface area contributed by atoms with Crippen LogP contribution >= 0.6 is 0 Å². The minimum atomic E-state index is 0.576. The third kappa shape index (κ3) is 2.92. The van der Waals surface area contributed by atoms with E-state index in [1.165, 1.54) is 0 Å². The molecule has 0 atom stereocenters. The maximum absolute atomic E-state index is 5.90. The minimum Gasteiger partial charge on any atom is -0.459 e. The number of anilines is 1. The summed E-state index contributed by atoms with van der Waals surface area (Å²) in [5.74, 6) is 1.73. The predicted molar refractivity (Wildman–Crippen MR) is 93.3 cm³/mol. The second-order valence-electron chi connectivity index (χ2n) is 5.36. The molecule has 5 nitrogen and oxygen atoms in total. The Morgan fingerprint density at radius 1 is 0.958 bits per heavy atom. The fraction of sp³-hybridized carbons (Fsp3) is 0.0526. The van der Waals surface area contributed by atoms with Crippen molar-refractivity contribution in [1.82, 2.24) is 15.2 Å². The van der Waals surface area contributed by atoms with E-state index >= 15 is 0 Å². The smallest absolute Gasteiger partial charge is 0.134 e. The molecular weight excluding hydrogens is 300 g/mol. The Balaban J connectivity index is 1.49. The van der Waals surface area contributed by atoms with Crippen LogP contribution in [0.5, 0.6) is 0 Å². The van der Waals surface area contributed by atoms with E-state index in [-0.39, 0.29) is 0 Å². The molecule has 4 aromatic rings. The van der Waals surface area contributed by atoms with Gasteiger partial charge >= 0.3 is 0 Å². The molecule has 0 saturated heterocycles. The van der Waals surface area contributed by atoms with Gasteiger partial charge in [0, 0.05) is 11.8 Å². The number of aromatic nitrogens is 3. The summed E-state index contributed by atoms with van der Waals surface area (Å²) in [5, 5.41) is 10.4. The van der Waals surface area contributed by atoms with Crippen LogP contribution < -0.4 is 5.32 Å². The molecule has 118 valence electrons. The quantitative estimate of drug-likeness (QED) is 0.574. The van der Waals surface area contributed by atoms with Crippen molar-refractivity contribution in [3.8, 4) is 22.7 Å². The number of H-pyrrole nitrogens is 1. The standard InChI is InChI=1S/C19H16N4O/c1-2-6-14(7-3-1)18-10-9-15(24-18)12-21-17-13-22-23-19(17)16-8-4-5-11-20-16/h1-11,13,21H,12H2,(H,22,23). The molecule has 0 aliphatic carbocycles. The van der Waals surface area contributed by atoms with Gasteiger partial charge in [-0.25, -0.2) is 0 Å². The number of hydrogen-bond acceptors (Lipinski definition) is 4. The molecule has 0 aliphatic heterocycles. The molecule has 2 N–H and O–H groups in total. The molecule has 0 spiro atoms. The molecule has 0 unspecified atom stereocenters. The van der Waals surface area contributed by atoms with E-state index in [4.69, 9.17) is 4.42 Å². The van der Waals surface area contributed by atoms with E-state index in [0.717, 1.165) is 34.2 Å². The lowest BCUT2D eigenvalue weighted by Gasteiger charge is -2.05. The lowest BCUT2D eigenvalue weighted by Crippen LogP contribution is -1.99. The van der Waals surface area contributed by atoms with Gasteiger partial charge in [-0.05, 0) is 24.3 Å². The van der Waals surface area contributed by atoms with E-state index in [2.05, 4.69) is 20.5 Å². The first kappa shape index (κ1) is 14.3. The fourth-order valence-electron chi connectivity index (χ4n) is 2.54. The number of nitrogens with one attached hydrogen (secondary N) is 2. The van der Waals surface area contributed by atoms with Gasteiger partial charge in [0.15, 0.2) is 0 Å². The predicted octanol–water partition coefficient (Wildman–Crippen LogP) is 4.34. The van der Waals surface area contributed by atoms with E-state index in [1.54, 1.807) is 12.4 Å². The van der Waals surface area contributed by atoms with Crippen LogP contribution in [0.1, 0.15) is 5.76 Å². The monoisotopic (exact) mass is 316 g/mol. The highest BCUT2D eigenvalue weighted by atomic mass is 16.3. The first-order valence-corrected chi connectivity index (χ1v) is 7.73. The highest BCUT2D eigenvalue weighted by molar-refractivity contribution is 5.70. The number of aromatic amines is 1. The van der Waals surface area contributed by atoms with Crippen LogP contribution in [0.25, 0.3) is 22.7 Å². The normalized spacial score (nSPS) is 10.7. The molecule has 3 heterocycles. The van der Waals surface area contributed by atoms with Crippen molar-refractivity contribution in [3.63, 3.8) is 0 Å². The Morgan fingerprint density at radius 2 is 1.83 bits per heavy atom. The third-order valence-corrected chi connectivity index (χ3v) is 3.73. The van der Waals surface area contributed by atoms with Gasteiger partial charge in [0.1, 0.15) is 17.2 Å². The van der Waals surface area contributed by atoms with Crippen LogP contribution in [0.3, 0.4) is 0 Å². The van der Waals surface area contributed by atoms with Crippen LogP contribution in [0.4, 0.5) is 5.69 Å². The summed E-state index contributed by atoms with van der Waals surface area (Å²) in [7, 11) is 0. The van der Waals surface area contributed by atoms with Crippen molar-refractivity contribution in [2.45, 2.75) is 6.54 Å². The molecule has 0 bridgehead atoms. The van der Waals surface area contributed by atoms with Gasteiger partial charge < -0.3 is 9.73 Å². The van der Waals surface area contributed by atoms with Gasteiger partial charge in [-0.15, -0.1) is 0 Å². The van der Waals surface area contributed by atoms with Gasteiger partial charge in [-0.1, -0.05) is 36.4 Å². The number of benzene rings is 1. The molecule has 0 aliphatic rings. The zero-order valence-electron chi connectivity index (χ0n) is 12.9. The summed E-state index contributed by atoms with van der Waals surface area (Å²) in [6.45, 7) is 0.576. The van der Waals surface area contributed by atoms with Crippen molar-refractivity contribution >= 4 is 5.69 Å². The molecule has 0 amide bonds. The first-order chi connectivity index (χ1) is 11.9. The molecule has 0 fully saturated rings. The van der Waals surface area contributed by atoms with Gasteiger partial charge in [0.25, 0.3) is 0 Å². The summed E-state index contributed by atoms with van der Waals surface area (Å²) in [5.41, 5.74) is 3.68. The van der Waals surface area contributed by atoms with Gasteiger partial charge in [-0.3, -0.25) is 10.1 Å². The maximum Gasteiger partial charge on any atom is 0.134 e. The molecule has 1 aromatic carbocycles. The van der Waals surface area contributed by atoms with Crippen LogP contribution in [0.2, 0.25) is 0 Å². The second kappa shape index (κ2) is 6.42. The molecule has 3 aromatic heterocycles. The maximum atomic E-state index is 5.90. The van der Waals surface area contributed by atoms with Crippen LogP contribution in [-0.4, -0.2) is 15.2 Å². The summed E-state index contributed by atoms with van der Waals surface area (Å²) >= 11 is 0. The lowest BCUT2D eigenvalue weighted by molar-refractivity contribution is 0.531. The minimum absolute atomic E-state index is 0.576. The average molecular weight is 316 g/mol. The lowest BCUT2D eigenvalue weighted by atomic mass is 10.2. The van der Waals surface area contributed by atoms with Crippen LogP contribution in [0, 0.1) is 0 Å². The van der Waals surface area contributed by atoms with Crippen molar-refractivity contribution in [1.29, 1.82) is 0 Å². The Kier molecular flexibility index (Phi) is 3.81. The average Bonchev–Trinajstić information content (AvgIpc) is 3.31. The summed E-state index contributed by atoms with van der Waals surface area (Å²) in [6.07, 6.45) is 3.52. The Hall–Kier alpha value is -3.34. The first-order valence-electron chi connectivity index (χ1n) is 7.73. The zero-order valence-corrected chi connectivity index (χ0v) is 12.9. The third-order valence-electron chi connectivity index (χ3n) is 3.73. The topological polar surface area (TPSA) is 66.7 Å². The van der Waals surface area contributed by atoms with E-state index in [1.807, 2.05) is 60.7 Å². The molecule has 0 radical (unpaired) electrons. The second-order valence-corrected chi connectivity index (χ2v) is 5.36. The summed E-state index contributed by atoms with van der Waals surface area (Å²) < 4.78 is 5.90. The van der Waals surface area contributed by atoms with Gasteiger partial charge in [0.2, 0.25) is 0 Å². The van der Waals surface area contributed by atoms with E-state index in [9.17, 15) is 0 Å². The highest BCUT2D eigenvalue weighted by Gasteiger charge is 2.10. The van der Waals surface area contributed by atoms with Crippen molar-refractivity contribution in [3.05, 3.63) is 78.8 Å². The van der Waals surface area contributed by atoms with Gasteiger partial charge in [0.05, 0.1) is 24.1 Å². The highest BCUT2D eigenvalue weighted by Crippen LogP contribution is 2.25. The van der Waals surface area contributed by atoms with Crippen molar-refractivity contribution in [2.24, 2.45) is 0 Å². The molecule has 5 heteroatoms. The fourth-order valence-corrected chi connectivity index (χ4v) is 2.54. The molecular formula is C19H16N4O. The van der Waals surface area contributed by atoms with Crippen molar-refractivity contribution < 1.29 is 4.42 Å². The number of rotatable bonds is 5. The number of nitrogens with zero attached hydrogens (tertiary/aromatic N) is 2. The summed E-state index contributed by atoms with van der Waals surface area (Å²) in [6, 6.07) is 19.8. The Labute approximate surface area is 139 Å². The van der Waals surface area contributed by atoms with Gasteiger partial charge in [-0.2, -0.15) is 5.10 Å². The van der Waals surface area contributed by atoms with Crippen LogP contribution in [0.15, 0.2) is 77.5 Å². The van der Waals surface area contributed by atoms with E-state index < -0.39 is 0 Å². The van der Waals surface area contributed by atoms with Crippen molar-refractivity contribution in [2.75, 3.05) is 5.32 Å². The molecule has 0 saturated carbocycles. The molecule has 24 heavy (non-hydrogen) atoms. The van der Waals surface area contributed by atoms with Crippen LogP contribution in [-0.2, 0) is 6.54 Å². The molecule has 4 rings (SSSR count). The SMILES string of the molecule is c1ccc(-c2ccc(CNc3cn[nH]c3-c3ccccn3)o2)cc1. The Morgan fingerprint density at radius 3 is 2.67 bits per heavy atom. The van der Waals surface area contributed by atoms with E-state index in [0.29, 0.717) is 6.54 Å². The zero-order chi connectivity index (χ0) is 16.2. The Bertz CT molecular complexity index is 913. The number of furan rings is 1. The summed E-state index contributed by atoms with van der Waals surface area (Å²) in [4.78, 5) is 4.35. The number of pyridine rings is 1. The number of hydrogen-bond donors (Lipinski definition) is 2.